The SMILES string of the molecule is NCC(=O)O.O=C(O)CC(O)(C(=O)O)C(O)C(=O)O.O=C(O)CC(O)(C(=O)O)C(O)C(=O)O.[Mn+2].[Mn+2].[Mn+2]. The number of rotatable bonds is 11. The van der Waals surface area contributed by atoms with Crippen LogP contribution in [0.3, 0.4) is 0 Å². The second-order valence-electron chi connectivity index (χ2n) is 5.68. The molecule has 0 fully saturated rings. The first-order chi connectivity index (χ1) is 14.7. The molecule has 0 bridgehead atoms. The third-order valence-corrected chi connectivity index (χ3v) is 3.13. The molecule has 0 saturated carbocycles. The van der Waals surface area contributed by atoms with Gasteiger partial charge in [-0.25, -0.2) is 19.2 Å². The average Bonchev–Trinajstić information content (AvgIpc) is 2.65. The van der Waals surface area contributed by atoms with E-state index in [9.17, 15) is 33.6 Å². The predicted octanol–water partition coefficient (Wildman–Crippen LogP) is -5.53. The molecule has 0 aliphatic rings. The van der Waals surface area contributed by atoms with Gasteiger partial charge in [0, 0.05) is 0 Å². The molecule has 0 aromatic carbocycles. The van der Waals surface area contributed by atoms with Gasteiger partial charge in [-0.05, 0) is 0 Å². The van der Waals surface area contributed by atoms with Crippen LogP contribution in [0.2, 0.25) is 0 Å². The van der Waals surface area contributed by atoms with Gasteiger partial charge in [0.2, 0.25) is 11.2 Å². The van der Waals surface area contributed by atoms with Gasteiger partial charge < -0.3 is 61.9 Å². The van der Waals surface area contributed by atoms with E-state index in [1.165, 1.54) is 0 Å². The summed E-state index contributed by atoms with van der Waals surface area (Å²) >= 11 is 0. The standard InChI is InChI=1S/2C6H8O8.C2H5NO2.3Mn/c2*7-2(8)1-6(14,5(12)13)3(9)4(10)11;3-1-2(4)5;;;/h2*3,9,14H,1H2,(H,7,8)(H,10,11)(H,12,13);1,3H2,(H,4,5);;;/q;;;3*+2. The molecule has 0 rings (SSSR count). The Morgan fingerprint density at radius 2 is 0.750 bits per heavy atom. The fourth-order valence-corrected chi connectivity index (χ4v) is 1.45. The molecule has 205 valence electrons. The van der Waals surface area contributed by atoms with Crippen LogP contribution >= 0.6 is 0 Å². The van der Waals surface area contributed by atoms with Crippen molar-refractivity contribution in [1.29, 1.82) is 0 Å². The Bertz CT molecular complexity index is 722. The zero-order valence-corrected chi connectivity index (χ0v) is 20.8. The second-order valence-corrected chi connectivity index (χ2v) is 5.68. The molecule has 22 heteroatoms. The molecule has 4 unspecified atom stereocenters. The molecule has 0 aromatic heterocycles. The van der Waals surface area contributed by atoms with E-state index in [0.29, 0.717) is 0 Å². The van der Waals surface area contributed by atoms with Crippen molar-refractivity contribution >= 4 is 41.8 Å². The first kappa shape index (κ1) is 46.9. The Kier molecular flexibility index (Phi) is 27.1. The van der Waals surface area contributed by atoms with Gasteiger partial charge in [0.05, 0.1) is 19.4 Å². The number of aliphatic hydroxyl groups excluding tert-OH is 2. The number of carbonyl (C=O) groups is 7. The molecule has 19 nitrogen and oxygen atoms in total. The quantitative estimate of drug-likeness (QED) is 0.0922. The van der Waals surface area contributed by atoms with Gasteiger partial charge in [-0.3, -0.25) is 14.4 Å². The predicted molar refractivity (Wildman–Crippen MR) is 93.7 cm³/mol. The minimum atomic E-state index is -3.22. The molecule has 0 aliphatic heterocycles. The van der Waals surface area contributed by atoms with Crippen LogP contribution in [0.25, 0.3) is 0 Å². The van der Waals surface area contributed by atoms with Crippen molar-refractivity contribution in [3.05, 3.63) is 0 Å². The fourth-order valence-electron chi connectivity index (χ4n) is 1.45. The van der Waals surface area contributed by atoms with Gasteiger partial charge in [0.25, 0.3) is 0 Å². The van der Waals surface area contributed by atoms with Gasteiger partial charge in [-0.15, -0.1) is 0 Å². The van der Waals surface area contributed by atoms with Gasteiger partial charge in [0.15, 0.2) is 12.2 Å². The molecule has 0 heterocycles. The zero-order chi connectivity index (χ0) is 27.3. The van der Waals surface area contributed by atoms with Crippen molar-refractivity contribution in [1.82, 2.24) is 0 Å². The van der Waals surface area contributed by atoms with Crippen molar-refractivity contribution < 1.29 is 141 Å². The topological polar surface area (TPSA) is 368 Å². The Morgan fingerprint density at radius 1 is 0.556 bits per heavy atom. The van der Waals surface area contributed by atoms with Gasteiger partial charge in [-0.1, -0.05) is 0 Å². The third-order valence-electron chi connectivity index (χ3n) is 3.13. The summed E-state index contributed by atoms with van der Waals surface area (Å²) in [6.07, 6.45) is -8.21. The molecule has 0 aliphatic carbocycles. The summed E-state index contributed by atoms with van der Waals surface area (Å²) in [4.78, 5) is 70.5. The molecule has 4 atom stereocenters. The molecular weight excluding hydrogens is 635 g/mol. The second kappa shape index (κ2) is 20.8. The summed E-state index contributed by atoms with van der Waals surface area (Å²) in [7, 11) is 0. The van der Waals surface area contributed by atoms with E-state index in [-0.39, 0.29) is 57.8 Å². The Labute approximate surface area is 230 Å². The maximum absolute atomic E-state index is 10.4. The number of hydrogen-bond donors (Lipinski definition) is 12. The molecule has 3 radical (unpaired) electrons. The Balaban J connectivity index is -0.0000000983. The minimum Gasteiger partial charge on any atom is -0.481 e. The minimum absolute atomic E-state index is 0. The van der Waals surface area contributed by atoms with Crippen LogP contribution in [0.5, 0.6) is 0 Å². The molecule has 13 N–H and O–H groups in total. The molecule has 36 heavy (non-hydrogen) atoms. The number of aliphatic carboxylic acids is 7. The summed E-state index contributed by atoms with van der Waals surface area (Å²) in [5.41, 5.74) is -1.88. The average molecular weight is 656 g/mol. The summed E-state index contributed by atoms with van der Waals surface area (Å²) in [5.74, 6) is -12.7. The third kappa shape index (κ3) is 17.1. The number of aliphatic hydroxyl groups is 4. The van der Waals surface area contributed by atoms with Crippen LogP contribution in [-0.4, -0.2) is 128 Å². The van der Waals surface area contributed by atoms with E-state index in [1.807, 2.05) is 0 Å². The van der Waals surface area contributed by atoms with E-state index < -0.39 is 78.0 Å². The van der Waals surface area contributed by atoms with E-state index >= 15 is 0 Å². The maximum atomic E-state index is 10.4. The number of carboxylic acids is 7. The monoisotopic (exact) mass is 656 g/mol. The first-order valence-corrected chi connectivity index (χ1v) is 7.79. The molecule has 0 amide bonds. The number of hydrogen-bond acceptors (Lipinski definition) is 12. The van der Waals surface area contributed by atoms with E-state index in [0.717, 1.165) is 0 Å². The van der Waals surface area contributed by atoms with E-state index in [4.69, 9.17) is 56.2 Å². The first-order valence-electron chi connectivity index (χ1n) is 7.79. The van der Waals surface area contributed by atoms with Crippen molar-refractivity contribution in [2.75, 3.05) is 6.54 Å². The van der Waals surface area contributed by atoms with Gasteiger partial charge in [0.1, 0.15) is 0 Å². The number of carboxylic acid groups (broad SMARTS) is 7. The van der Waals surface area contributed by atoms with Crippen molar-refractivity contribution in [3.63, 3.8) is 0 Å². The maximum Gasteiger partial charge on any atom is 2.00 e. The zero-order valence-electron chi connectivity index (χ0n) is 17.3. The van der Waals surface area contributed by atoms with E-state index in [1.54, 1.807) is 0 Å². The van der Waals surface area contributed by atoms with Crippen molar-refractivity contribution in [3.8, 4) is 0 Å². The number of nitrogens with two attached hydrogens (primary N) is 1. The van der Waals surface area contributed by atoms with Crippen LogP contribution in [-0.2, 0) is 84.8 Å². The Morgan fingerprint density at radius 3 is 0.833 bits per heavy atom. The van der Waals surface area contributed by atoms with Crippen LogP contribution in [0.4, 0.5) is 0 Å². The molecular formula is C14H21Mn3NO18+6. The summed E-state index contributed by atoms with van der Waals surface area (Å²) in [5, 5.41) is 92.9. The normalized spacial score (nSPS) is 14.0. The van der Waals surface area contributed by atoms with E-state index in [2.05, 4.69) is 5.73 Å². The van der Waals surface area contributed by atoms with Gasteiger partial charge in [-0.2, -0.15) is 0 Å². The van der Waals surface area contributed by atoms with Crippen molar-refractivity contribution in [2.24, 2.45) is 5.73 Å². The van der Waals surface area contributed by atoms with Crippen LogP contribution < -0.4 is 5.73 Å². The smallest absolute Gasteiger partial charge is 0.481 e. The van der Waals surface area contributed by atoms with Crippen molar-refractivity contribution in [2.45, 2.75) is 36.3 Å². The summed E-state index contributed by atoms with van der Waals surface area (Å²) in [6.45, 7) is -0.278. The summed E-state index contributed by atoms with van der Waals surface area (Å²) < 4.78 is 0. The fraction of sp³-hybridized carbons (Fsp3) is 0.500. The van der Waals surface area contributed by atoms with Crippen LogP contribution in [0.15, 0.2) is 0 Å². The molecule has 0 saturated heterocycles. The van der Waals surface area contributed by atoms with Crippen LogP contribution in [0.1, 0.15) is 12.8 Å². The van der Waals surface area contributed by atoms with Crippen LogP contribution in [0, 0.1) is 0 Å². The Hall–Kier alpha value is -2.35. The molecule has 0 aromatic rings. The summed E-state index contributed by atoms with van der Waals surface area (Å²) in [6, 6.07) is 0. The largest absolute Gasteiger partial charge is 2.00 e. The van der Waals surface area contributed by atoms with Gasteiger partial charge >= 0.3 is 93.0 Å². The molecule has 0 spiro atoms.